The third-order valence-corrected chi connectivity index (χ3v) is 8.22. The molecule has 8 unspecified atom stereocenters. The molecular weight excluding hydrogens is 582 g/mol. The topological polar surface area (TPSA) is 192 Å². The van der Waals surface area contributed by atoms with E-state index in [2.05, 4.69) is 17.2 Å². The van der Waals surface area contributed by atoms with Crippen molar-refractivity contribution >= 4 is 11.9 Å². The van der Waals surface area contributed by atoms with Crippen molar-refractivity contribution in [2.24, 2.45) is 0 Å². The molecule has 0 amide bonds. The number of carbonyl (C=O) groups is 2. The van der Waals surface area contributed by atoms with E-state index in [-0.39, 0.29) is 18.3 Å². The fraction of sp³-hybridized carbons (Fsp3) is 0.467. The van der Waals surface area contributed by atoms with Gasteiger partial charge in [0.2, 0.25) is 12.0 Å². The van der Waals surface area contributed by atoms with Crippen LogP contribution >= 0.6 is 0 Å². The summed E-state index contributed by atoms with van der Waals surface area (Å²) in [5.41, 5.74) is -0.279. The largest absolute Gasteiger partial charge is 0.493 e. The van der Waals surface area contributed by atoms with E-state index in [0.29, 0.717) is 34.1 Å². The number of rotatable bonds is 7. The van der Waals surface area contributed by atoms with Crippen molar-refractivity contribution < 1.29 is 63.2 Å². The van der Waals surface area contributed by atoms with Crippen molar-refractivity contribution in [1.82, 2.24) is 5.32 Å². The Morgan fingerprint density at radius 2 is 1.93 bits per heavy atom. The van der Waals surface area contributed by atoms with Crippen LogP contribution in [0.5, 0.6) is 28.7 Å². The summed E-state index contributed by atoms with van der Waals surface area (Å²) in [5.74, 6) is 5.28. The number of carbonyl (C=O) groups excluding carboxylic acids is 1. The molecule has 14 heteroatoms. The smallest absolute Gasteiger partial charge is 0.318 e. The molecule has 44 heavy (non-hydrogen) atoms. The molecule has 0 saturated carbocycles. The van der Waals surface area contributed by atoms with Crippen molar-refractivity contribution in [3.8, 4) is 40.6 Å². The molecule has 0 spiro atoms. The number of aliphatic carboxylic acids is 1. The summed E-state index contributed by atoms with van der Waals surface area (Å²) in [6.45, 7) is 0.284. The Morgan fingerprint density at radius 1 is 1.14 bits per heavy atom. The van der Waals surface area contributed by atoms with E-state index in [1.54, 1.807) is 19.2 Å². The van der Waals surface area contributed by atoms with Crippen LogP contribution in [-0.4, -0.2) is 96.7 Å². The van der Waals surface area contributed by atoms with E-state index in [9.17, 15) is 24.9 Å². The molecule has 0 aromatic heterocycles. The average molecular weight is 614 g/mol. The Bertz CT molecular complexity index is 1550. The predicted molar refractivity (Wildman–Crippen MR) is 147 cm³/mol. The number of ether oxygens (including phenoxy) is 7. The second-order valence-electron chi connectivity index (χ2n) is 10.8. The molecule has 234 valence electrons. The minimum Gasteiger partial charge on any atom is -0.493 e. The van der Waals surface area contributed by atoms with Crippen molar-refractivity contribution in [3.63, 3.8) is 0 Å². The van der Waals surface area contributed by atoms with Gasteiger partial charge >= 0.3 is 11.9 Å². The Balaban J connectivity index is 1.35. The van der Waals surface area contributed by atoms with E-state index in [0.717, 1.165) is 5.56 Å². The maximum atomic E-state index is 12.1. The molecule has 5 N–H and O–H groups in total. The summed E-state index contributed by atoms with van der Waals surface area (Å²) >= 11 is 0. The first kappa shape index (κ1) is 29.8. The fourth-order valence-electron chi connectivity index (χ4n) is 6.03. The Kier molecular flexibility index (Phi) is 7.68. The maximum Gasteiger partial charge on any atom is 0.318 e. The minimum absolute atomic E-state index is 0.149. The van der Waals surface area contributed by atoms with Crippen LogP contribution in [0.2, 0.25) is 0 Å². The third-order valence-electron chi connectivity index (χ3n) is 8.22. The fourth-order valence-corrected chi connectivity index (χ4v) is 6.03. The first-order chi connectivity index (χ1) is 21.1. The predicted octanol–water partition coefficient (Wildman–Crippen LogP) is 0.189. The van der Waals surface area contributed by atoms with Gasteiger partial charge in [-0.1, -0.05) is 17.9 Å². The van der Waals surface area contributed by atoms with Gasteiger partial charge in [0.25, 0.3) is 0 Å². The van der Waals surface area contributed by atoms with Crippen LogP contribution in [0.25, 0.3) is 0 Å². The van der Waals surface area contributed by atoms with Crippen LogP contribution in [0.1, 0.15) is 41.6 Å². The normalized spacial score (nSPS) is 29.9. The van der Waals surface area contributed by atoms with Crippen LogP contribution in [0.4, 0.5) is 0 Å². The Morgan fingerprint density at radius 3 is 2.64 bits per heavy atom. The maximum absolute atomic E-state index is 12.1. The Labute approximate surface area is 251 Å². The number of methoxy groups -OCH3 is 2. The SMILES string of the molecule is CNC(OC(=O)CC(=O)O)C1OC2Oc3cc4c(cc3C#CCC1(O)C(O)C2O)C1Oc2c(ccc(OC)c2OC)C1CO4. The number of carboxylic acids is 1. The molecule has 5 aliphatic heterocycles. The van der Waals surface area contributed by atoms with Crippen LogP contribution in [0.3, 0.4) is 0 Å². The number of hydrogen-bond acceptors (Lipinski definition) is 13. The van der Waals surface area contributed by atoms with E-state index in [4.69, 9.17) is 38.3 Å². The van der Waals surface area contributed by atoms with Crippen LogP contribution in [0.15, 0.2) is 24.3 Å². The highest BCUT2D eigenvalue weighted by Crippen LogP contribution is 2.56. The van der Waals surface area contributed by atoms with Crippen LogP contribution in [0, 0.1) is 11.8 Å². The zero-order valence-corrected chi connectivity index (χ0v) is 23.9. The van der Waals surface area contributed by atoms with Crippen LogP contribution < -0.4 is 29.0 Å². The lowest BCUT2D eigenvalue weighted by Crippen LogP contribution is -2.71. The summed E-state index contributed by atoms with van der Waals surface area (Å²) in [6, 6.07) is 7.05. The number of hydrogen-bond donors (Lipinski definition) is 5. The molecule has 2 aromatic rings. The molecule has 14 nitrogen and oxygen atoms in total. The molecule has 5 heterocycles. The van der Waals surface area contributed by atoms with Crippen molar-refractivity contribution in [2.45, 2.75) is 61.3 Å². The van der Waals surface area contributed by atoms with Crippen molar-refractivity contribution in [1.29, 1.82) is 0 Å². The summed E-state index contributed by atoms with van der Waals surface area (Å²) < 4.78 is 40.6. The molecule has 1 fully saturated rings. The molecule has 5 aliphatic rings. The van der Waals surface area contributed by atoms with Gasteiger partial charge in [-0.2, -0.15) is 0 Å². The molecule has 8 atom stereocenters. The zero-order chi connectivity index (χ0) is 31.3. The van der Waals surface area contributed by atoms with Gasteiger partial charge in [-0.05, 0) is 19.2 Å². The molecule has 7 rings (SSSR count). The number of benzene rings is 2. The molecular formula is C30H31NO13. The lowest BCUT2D eigenvalue weighted by Gasteiger charge is -2.49. The van der Waals surface area contributed by atoms with Gasteiger partial charge in [-0.25, -0.2) is 0 Å². The van der Waals surface area contributed by atoms with Gasteiger partial charge in [0.15, 0.2) is 17.7 Å². The summed E-state index contributed by atoms with van der Waals surface area (Å²) in [4.78, 5) is 23.1. The van der Waals surface area contributed by atoms with E-state index >= 15 is 0 Å². The number of carboxylic acid groups (broad SMARTS) is 1. The number of aliphatic hydroxyl groups is 3. The highest BCUT2D eigenvalue weighted by molar-refractivity contribution is 5.90. The molecule has 2 aromatic carbocycles. The molecule has 0 radical (unpaired) electrons. The molecule has 2 bridgehead atoms. The van der Waals surface area contributed by atoms with Gasteiger partial charge in [-0.3, -0.25) is 14.9 Å². The quantitative estimate of drug-likeness (QED) is 0.123. The lowest BCUT2D eigenvalue weighted by molar-refractivity contribution is -0.325. The highest BCUT2D eigenvalue weighted by atomic mass is 16.7. The van der Waals surface area contributed by atoms with Crippen molar-refractivity contribution in [2.75, 3.05) is 27.9 Å². The zero-order valence-electron chi connectivity index (χ0n) is 23.9. The third kappa shape index (κ3) is 4.83. The van der Waals surface area contributed by atoms with Gasteiger partial charge in [0.1, 0.15) is 47.9 Å². The van der Waals surface area contributed by atoms with Crippen LogP contribution in [-0.2, 0) is 19.1 Å². The van der Waals surface area contributed by atoms with Crippen molar-refractivity contribution in [3.05, 3.63) is 41.0 Å². The number of esters is 1. The number of aliphatic hydroxyl groups excluding tert-OH is 2. The first-order valence-electron chi connectivity index (χ1n) is 13.8. The van der Waals surface area contributed by atoms with E-state index < -0.39 is 67.3 Å². The number of likely N-dealkylation sites (N-methyl/N-ethyl adjacent to an activating group) is 1. The monoisotopic (exact) mass is 613 g/mol. The van der Waals surface area contributed by atoms with Gasteiger partial charge < -0.3 is 53.6 Å². The molecule has 1 saturated heterocycles. The summed E-state index contributed by atoms with van der Waals surface area (Å²) in [7, 11) is 4.46. The van der Waals surface area contributed by atoms with E-state index in [1.165, 1.54) is 14.2 Å². The average Bonchev–Trinajstić information content (AvgIpc) is 3.38. The first-order valence-corrected chi connectivity index (χ1v) is 13.8. The lowest BCUT2D eigenvalue weighted by atomic mass is 9.80. The van der Waals surface area contributed by atoms with Gasteiger partial charge in [-0.15, -0.1) is 0 Å². The van der Waals surface area contributed by atoms with Gasteiger partial charge in [0.05, 0.1) is 32.3 Å². The number of nitrogens with one attached hydrogen (secondary N) is 1. The minimum atomic E-state index is -2.25. The standard InChI is InChI=1S/C30H31NO13/c1-31-28(42-21(34)11-20(32)33)27-30(37)8-4-5-13-9-15-19(10-18(13)41-29(44-27)22(35)26(30)36)40-12-16-14-6-7-17(38-2)25(39-3)24(14)43-23(15)16/h6-7,9-10,16,22-23,26-29,31,35-37H,8,11-12H2,1-3H3,(H,32,33). The molecule has 0 aliphatic carbocycles. The summed E-state index contributed by atoms with van der Waals surface area (Å²) in [5, 5.41) is 45.1. The highest BCUT2D eigenvalue weighted by Gasteiger charge is 2.59. The van der Waals surface area contributed by atoms with E-state index in [1.807, 2.05) is 12.1 Å². The van der Waals surface area contributed by atoms with Gasteiger partial charge in [0, 0.05) is 23.6 Å². The number of fused-ring (bicyclic) bond motifs is 8. The Hall–Kier alpha value is -4.26. The second kappa shape index (κ2) is 11.3. The summed E-state index contributed by atoms with van der Waals surface area (Å²) in [6.07, 6.45) is -9.89. The second-order valence-corrected chi connectivity index (χ2v) is 10.8.